The minimum absolute atomic E-state index is 0.0361. The molecule has 2 aromatic heterocycles. The monoisotopic (exact) mass is 509 g/mol. The smallest absolute Gasteiger partial charge is 0.270 e. The summed E-state index contributed by atoms with van der Waals surface area (Å²) in [5.41, 5.74) is 3.26. The second kappa shape index (κ2) is 9.71. The van der Waals surface area contributed by atoms with Crippen LogP contribution in [0.4, 0.5) is 21.7 Å². The number of nitrogens with zero attached hydrogens (tertiary/aromatic N) is 4. The predicted octanol–water partition coefficient (Wildman–Crippen LogP) is 3.92. The van der Waals surface area contributed by atoms with Crippen molar-refractivity contribution in [3.8, 4) is 0 Å². The van der Waals surface area contributed by atoms with Gasteiger partial charge in [0.2, 0.25) is 0 Å². The number of H-pyrrole nitrogens is 1. The maximum Gasteiger partial charge on any atom is 0.270 e. The van der Waals surface area contributed by atoms with Crippen LogP contribution in [0.1, 0.15) is 34.2 Å². The molecule has 0 unspecified atom stereocenters. The largest absolute Gasteiger partial charge is 0.351 e. The van der Waals surface area contributed by atoms with Crippen LogP contribution in [-0.4, -0.2) is 69.3 Å². The summed E-state index contributed by atoms with van der Waals surface area (Å²) in [5.74, 6) is -0.225. The number of aromatic amines is 1. The van der Waals surface area contributed by atoms with Gasteiger partial charge < -0.3 is 25.4 Å². The number of hydrogen-bond acceptors (Lipinski definition) is 6. The van der Waals surface area contributed by atoms with Gasteiger partial charge in [-0.1, -0.05) is 18.5 Å². The number of carbonyl (C=O) groups is 2. The topological polar surface area (TPSA) is 106 Å². The molecule has 0 aliphatic carbocycles. The number of anilines is 3. The zero-order chi connectivity index (χ0) is 25.4. The van der Waals surface area contributed by atoms with Crippen LogP contribution in [0.25, 0.3) is 11.6 Å². The van der Waals surface area contributed by atoms with Crippen LogP contribution >= 0.6 is 11.6 Å². The van der Waals surface area contributed by atoms with Crippen LogP contribution in [0.15, 0.2) is 30.6 Å². The summed E-state index contributed by atoms with van der Waals surface area (Å²) in [7, 11) is 0. The van der Waals surface area contributed by atoms with Gasteiger partial charge in [0.15, 0.2) is 0 Å². The lowest BCUT2D eigenvalue weighted by Gasteiger charge is -2.33. The third-order valence-corrected chi connectivity index (χ3v) is 6.75. The summed E-state index contributed by atoms with van der Waals surface area (Å²) in [5, 5.41) is 5.80. The van der Waals surface area contributed by atoms with Crippen LogP contribution < -0.4 is 10.6 Å². The van der Waals surface area contributed by atoms with Crippen molar-refractivity contribution in [1.82, 2.24) is 24.8 Å². The van der Waals surface area contributed by atoms with Gasteiger partial charge in [-0.25, -0.2) is 14.4 Å². The lowest BCUT2D eigenvalue weighted by molar-refractivity contribution is -0.110. The predicted molar refractivity (Wildman–Crippen MR) is 137 cm³/mol. The Balaban J connectivity index is 1.44. The number of fused-ring (bicyclic) bond motifs is 1. The SMILES string of the molecule is CCN1CCN(C(=O)c2cc(C)c(C=C3C(=O)Nc4ncnc(Nc5ccc(F)c(Cl)c5)c43)[nH]2)CC1. The Labute approximate surface area is 212 Å². The summed E-state index contributed by atoms with van der Waals surface area (Å²) >= 11 is 5.91. The van der Waals surface area contributed by atoms with Crippen molar-refractivity contribution in [2.45, 2.75) is 13.8 Å². The minimum atomic E-state index is -0.535. The van der Waals surface area contributed by atoms with Crippen molar-refractivity contribution in [2.24, 2.45) is 0 Å². The van der Waals surface area contributed by atoms with E-state index in [1.165, 1.54) is 24.5 Å². The van der Waals surface area contributed by atoms with Gasteiger partial charge >= 0.3 is 0 Å². The van der Waals surface area contributed by atoms with Crippen molar-refractivity contribution in [1.29, 1.82) is 0 Å². The number of aryl methyl sites for hydroxylation is 1. The molecule has 186 valence electrons. The van der Waals surface area contributed by atoms with Crippen LogP contribution in [0.5, 0.6) is 0 Å². The van der Waals surface area contributed by atoms with Gasteiger partial charge in [-0.05, 0) is 49.4 Å². The first-order chi connectivity index (χ1) is 17.3. The Hall–Kier alpha value is -3.76. The summed E-state index contributed by atoms with van der Waals surface area (Å²) in [6, 6.07) is 6.01. The molecule has 5 rings (SSSR count). The molecule has 0 radical (unpaired) electrons. The highest BCUT2D eigenvalue weighted by Gasteiger charge is 2.30. The molecule has 0 spiro atoms. The Morgan fingerprint density at radius 3 is 2.72 bits per heavy atom. The number of carbonyl (C=O) groups excluding carboxylic acids is 2. The highest BCUT2D eigenvalue weighted by molar-refractivity contribution is 6.35. The number of hydrogen-bond donors (Lipinski definition) is 3. The molecule has 2 aliphatic rings. The van der Waals surface area contributed by atoms with Gasteiger partial charge in [0.25, 0.3) is 11.8 Å². The average molecular weight is 510 g/mol. The number of rotatable bonds is 5. The van der Waals surface area contributed by atoms with Gasteiger partial charge in [-0.2, -0.15) is 0 Å². The number of piperazine rings is 1. The van der Waals surface area contributed by atoms with Crippen molar-refractivity contribution in [3.05, 3.63) is 63.9 Å². The number of amides is 2. The molecule has 36 heavy (non-hydrogen) atoms. The van der Waals surface area contributed by atoms with E-state index in [1.54, 1.807) is 12.1 Å². The standard InChI is InChI=1S/C25H25ClFN7O2/c1-3-33-6-8-34(9-7-33)25(36)20-10-14(2)19(31-20)12-16-21-22(28-13-29-23(21)32-24(16)35)30-15-4-5-18(27)17(26)11-15/h4-5,10-13,31H,3,6-9H2,1-2H3,(H2,28,29,30,32,35). The minimum Gasteiger partial charge on any atom is -0.351 e. The Morgan fingerprint density at radius 1 is 1.22 bits per heavy atom. The first-order valence-corrected chi connectivity index (χ1v) is 12.0. The van der Waals surface area contributed by atoms with Gasteiger partial charge in [-0.3, -0.25) is 9.59 Å². The van der Waals surface area contributed by atoms with Crippen molar-refractivity contribution in [3.63, 3.8) is 0 Å². The summed E-state index contributed by atoms with van der Waals surface area (Å²) in [6.07, 6.45) is 3.01. The fourth-order valence-corrected chi connectivity index (χ4v) is 4.57. The lowest BCUT2D eigenvalue weighted by atomic mass is 10.1. The van der Waals surface area contributed by atoms with Gasteiger partial charge in [0, 0.05) is 37.6 Å². The zero-order valence-electron chi connectivity index (χ0n) is 19.9. The van der Waals surface area contributed by atoms with E-state index < -0.39 is 5.82 Å². The van der Waals surface area contributed by atoms with E-state index >= 15 is 0 Å². The molecule has 0 saturated carbocycles. The molecule has 1 aromatic carbocycles. The van der Waals surface area contributed by atoms with E-state index in [4.69, 9.17) is 11.6 Å². The van der Waals surface area contributed by atoms with Gasteiger partial charge in [-0.15, -0.1) is 0 Å². The number of benzene rings is 1. The molecule has 11 heteroatoms. The van der Waals surface area contributed by atoms with E-state index in [1.807, 2.05) is 11.8 Å². The maximum absolute atomic E-state index is 13.6. The maximum atomic E-state index is 13.6. The molecule has 3 aromatic rings. The lowest BCUT2D eigenvalue weighted by Crippen LogP contribution is -2.48. The summed E-state index contributed by atoms with van der Waals surface area (Å²) in [4.78, 5) is 41.7. The van der Waals surface area contributed by atoms with Crippen LogP contribution in [0.3, 0.4) is 0 Å². The summed E-state index contributed by atoms with van der Waals surface area (Å²) in [6.45, 7) is 8.02. The van der Waals surface area contributed by atoms with E-state index in [0.717, 1.165) is 25.2 Å². The fraction of sp³-hybridized carbons (Fsp3) is 0.280. The highest BCUT2D eigenvalue weighted by atomic mass is 35.5. The molecule has 4 heterocycles. The van der Waals surface area contributed by atoms with Crippen molar-refractivity contribution < 1.29 is 14.0 Å². The Kier molecular flexibility index (Phi) is 6.46. The van der Waals surface area contributed by atoms with Crippen LogP contribution in [0.2, 0.25) is 5.02 Å². The molecule has 1 saturated heterocycles. The van der Waals surface area contributed by atoms with Crippen molar-refractivity contribution >= 4 is 52.4 Å². The van der Waals surface area contributed by atoms with Crippen LogP contribution in [-0.2, 0) is 4.79 Å². The Morgan fingerprint density at radius 2 is 2.00 bits per heavy atom. The zero-order valence-corrected chi connectivity index (χ0v) is 20.6. The molecule has 0 bridgehead atoms. The third kappa shape index (κ3) is 4.57. The number of nitrogens with one attached hydrogen (secondary N) is 3. The molecule has 9 nitrogen and oxygen atoms in total. The number of likely N-dealkylation sites (N-methyl/N-ethyl adjacent to an activating group) is 1. The van der Waals surface area contributed by atoms with E-state index in [0.29, 0.717) is 52.9 Å². The fourth-order valence-electron chi connectivity index (χ4n) is 4.39. The molecule has 0 atom stereocenters. The third-order valence-electron chi connectivity index (χ3n) is 6.46. The highest BCUT2D eigenvalue weighted by Crippen LogP contribution is 2.37. The number of halogens is 2. The second-order valence-electron chi connectivity index (χ2n) is 8.72. The second-order valence-corrected chi connectivity index (χ2v) is 9.13. The molecule has 3 N–H and O–H groups in total. The summed E-state index contributed by atoms with van der Waals surface area (Å²) < 4.78 is 13.6. The number of aromatic nitrogens is 3. The van der Waals surface area contributed by atoms with Gasteiger partial charge in [0.1, 0.15) is 29.5 Å². The molecule has 2 amide bonds. The molecular weight excluding hydrogens is 485 g/mol. The van der Waals surface area contributed by atoms with Gasteiger partial charge in [0.05, 0.1) is 16.2 Å². The van der Waals surface area contributed by atoms with Crippen molar-refractivity contribution in [2.75, 3.05) is 43.4 Å². The Bertz CT molecular complexity index is 1380. The van der Waals surface area contributed by atoms with E-state index in [2.05, 4.69) is 37.4 Å². The van der Waals surface area contributed by atoms with Crippen LogP contribution in [0, 0.1) is 12.7 Å². The first-order valence-electron chi connectivity index (χ1n) is 11.7. The van der Waals surface area contributed by atoms with E-state index in [-0.39, 0.29) is 16.8 Å². The first kappa shape index (κ1) is 24.0. The van der Waals surface area contributed by atoms with E-state index in [9.17, 15) is 14.0 Å². The molecule has 2 aliphatic heterocycles. The molecule has 1 fully saturated rings. The quantitative estimate of drug-likeness (QED) is 0.450. The average Bonchev–Trinajstić information content (AvgIpc) is 3.40. The molecular formula is C25H25ClFN7O2. The normalized spacial score (nSPS) is 16.8.